The summed E-state index contributed by atoms with van der Waals surface area (Å²) in [6.07, 6.45) is -4.24. The zero-order valence-corrected chi connectivity index (χ0v) is 9.61. The van der Waals surface area contributed by atoms with Crippen molar-refractivity contribution >= 4 is 0 Å². The molecule has 0 saturated carbocycles. The van der Waals surface area contributed by atoms with E-state index in [9.17, 15) is 13.2 Å². The molecule has 1 aliphatic heterocycles. The topological polar surface area (TPSA) is 44.5 Å². The van der Waals surface area contributed by atoms with Gasteiger partial charge in [0.2, 0.25) is 0 Å². The van der Waals surface area contributed by atoms with Gasteiger partial charge in [0.05, 0.1) is 18.8 Å². The van der Waals surface area contributed by atoms with E-state index in [4.69, 9.17) is 15.2 Å². The van der Waals surface area contributed by atoms with Gasteiger partial charge in [-0.1, -0.05) is 12.1 Å². The Morgan fingerprint density at radius 2 is 1.72 bits per heavy atom. The van der Waals surface area contributed by atoms with Gasteiger partial charge in [-0.15, -0.1) is 0 Å². The van der Waals surface area contributed by atoms with E-state index in [2.05, 4.69) is 0 Å². The highest BCUT2D eigenvalue weighted by Gasteiger charge is 2.30. The van der Waals surface area contributed by atoms with Gasteiger partial charge in [0.15, 0.2) is 6.29 Å². The zero-order valence-electron chi connectivity index (χ0n) is 9.61. The molecule has 1 aliphatic rings. The summed E-state index contributed by atoms with van der Waals surface area (Å²) in [6, 6.07) is 4.46. The first-order chi connectivity index (χ1) is 8.47. The molecule has 1 unspecified atom stereocenters. The summed E-state index contributed by atoms with van der Waals surface area (Å²) in [5.41, 5.74) is 5.86. The molecule has 1 aromatic rings. The number of nitrogens with two attached hydrogens (primary N) is 1. The number of ether oxygens (including phenoxy) is 2. The Kier molecular flexibility index (Phi) is 3.89. The molecule has 2 rings (SSSR count). The molecule has 1 aromatic carbocycles. The summed E-state index contributed by atoms with van der Waals surface area (Å²) in [5.74, 6) is 0. The summed E-state index contributed by atoms with van der Waals surface area (Å²) in [4.78, 5) is 0. The highest BCUT2D eigenvalue weighted by molar-refractivity contribution is 5.26. The minimum absolute atomic E-state index is 0.359. The van der Waals surface area contributed by atoms with E-state index in [0.29, 0.717) is 25.2 Å². The van der Waals surface area contributed by atoms with Gasteiger partial charge in [-0.25, -0.2) is 0 Å². The Balaban J connectivity index is 2.00. The number of hydrogen-bond donors (Lipinski definition) is 1. The van der Waals surface area contributed by atoms with Crippen LogP contribution in [0.15, 0.2) is 24.3 Å². The van der Waals surface area contributed by atoms with Gasteiger partial charge in [0.25, 0.3) is 0 Å². The van der Waals surface area contributed by atoms with E-state index in [0.717, 1.165) is 12.1 Å². The monoisotopic (exact) mass is 261 g/mol. The van der Waals surface area contributed by atoms with Crippen LogP contribution in [0.25, 0.3) is 0 Å². The second-order valence-corrected chi connectivity index (χ2v) is 4.13. The third-order valence-corrected chi connectivity index (χ3v) is 2.80. The predicted octanol–water partition coefficient (Wildman–Crippen LogP) is 2.47. The first-order valence-electron chi connectivity index (χ1n) is 5.63. The van der Waals surface area contributed by atoms with Crippen LogP contribution in [0.1, 0.15) is 23.6 Å². The van der Waals surface area contributed by atoms with Crippen molar-refractivity contribution in [1.82, 2.24) is 0 Å². The molecule has 1 fully saturated rings. The number of rotatable bonds is 3. The quantitative estimate of drug-likeness (QED) is 0.909. The van der Waals surface area contributed by atoms with Crippen LogP contribution in [0.2, 0.25) is 0 Å². The molecule has 100 valence electrons. The van der Waals surface area contributed by atoms with Gasteiger partial charge >= 0.3 is 6.18 Å². The normalized spacial score (nSPS) is 19.1. The van der Waals surface area contributed by atoms with Crippen LogP contribution >= 0.6 is 0 Å². The lowest BCUT2D eigenvalue weighted by atomic mass is 10.0. The molecule has 1 heterocycles. The fourth-order valence-corrected chi connectivity index (χ4v) is 1.81. The summed E-state index contributed by atoms with van der Waals surface area (Å²) in [6.45, 7) is 1.06. The van der Waals surface area contributed by atoms with Crippen LogP contribution in [0.5, 0.6) is 0 Å². The van der Waals surface area contributed by atoms with Crippen LogP contribution in [0, 0.1) is 0 Å². The molecule has 0 radical (unpaired) electrons. The maximum absolute atomic E-state index is 12.4. The summed E-state index contributed by atoms with van der Waals surface area (Å²) in [7, 11) is 0. The van der Waals surface area contributed by atoms with Crippen molar-refractivity contribution in [3.63, 3.8) is 0 Å². The first kappa shape index (κ1) is 13.3. The second-order valence-electron chi connectivity index (χ2n) is 4.13. The van der Waals surface area contributed by atoms with Gasteiger partial charge in [0, 0.05) is 12.5 Å². The molecule has 0 aliphatic carbocycles. The Labute approximate surface area is 103 Å². The Morgan fingerprint density at radius 1 is 1.17 bits per heavy atom. The molecule has 0 amide bonds. The predicted molar refractivity (Wildman–Crippen MR) is 58.7 cm³/mol. The third-order valence-electron chi connectivity index (χ3n) is 2.80. The minimum Gasteiger partial charge on any atom is -0.350 e. The highest BCUT2D eigenvalue weighted by Crippen LogP contribution is 2.30. The van der Waals surface area contributed by atoms with Crippen LogP contribution in [-0.4, -0.2) is 19.5 Å². The largest absolute Gasteiger partial charge is 0.416 e. The molecule has 1 saturated heterocycles. The van der Waals surface area contributed by atoms with Crippen LogP contribution < -0.4 is 5.73 Å². The van der Waals surface area contributed by atoms with Crippen molar-refractivity contribution in [3.05, 3.63) is 35.4 Å². The van der Waals surface area contributed by atoms with E-state index >= 15 is 0 Å². The number of alkyl halides is 3. The number of benzene rings is 1. The van der Waals surface area contributed by atoms with Crippen molar-refractivity contribution in [3.8, 4) is 0 Å². The van der Waals surface area contributed by atoms with E-state index in [1.165, 1.54) is 12.1 Å². The summed E-state index contributed by atoms with van der Waals surface area (Å²) in [5, 5.41) is 0. The van der Waals surface area contributed by atoms with Crippen LogP contribution in [-0.2, 0) is 15.7 Å². The molecular weight excluding hydrogens is 247 g/mol. The third kappa shape index (κ3) is 3.22. The lowest BCUT2D eigenvalue weighted by Gasteiger charge is -2.16. The van der Waals surface area contributed by atoms with Crippen molar-refractivity contribution in [1.29, 1.82) is 0 Å². The smallest absolute Gasteiger partial charge is 0.350 e. The molecule has 3 nitrogen and oxygen atoms in total. The minimum atomic E-state index is -4.32. The first-order valence-corrected chi connectivity index (χ1v) is 5.63. The molecule has 1 atom stereocenters. The SMILES string of the molecule is NC(CC1OCCO1)c1ccc(C(F)(F)F)cc1. The molecule has 0 spiro atoms. The average molecular weight is 261 g/mol. The highest BCUT2D eigenvalue weighted by atomic mass is 19.4. The van der Waals surface area contributed by atoms with Gasteiger partial charge < -0.3 is 15.2 Å². The molecule has 2 N–H and O–H groups in total. The van der Waals surface area contributed by atoms with Crippen molar-refractivity contribution in [2.45, 2.75) is 24.9 Å². The Hall–Kier alpha value is -1.11. The summed E-state index contributed by atoms with van der Waals surface area (Å²) < 4.78 is 47.6. The van der Waals surface area contributed by atoms with Gasteiger partial charge in [-0.3, -0.25) is 0 Å². The van der Waals surface area contributed by atoms with Crippen LogP contribution in [0.3, 0.4) is 0 Å². The lowest BCUT2D eigenvalue weighted by molar-refractivity contribution is -0.137. The fourth-order valence-electron chi connectivity index (χ4n) is 1.81. The van der Waals surface area contributed by atoms with Crippen molar-refractivity contribution in [2.24, 2.45) is 5.73 Å². The van der Waals surface area contributed by atoms with Gasteiger partial charge in [0.1, 0.15) is 0 Å². The fraction of sp³-hybridized carbons (Fsp3) is 0.500. The standard InChI is InChI=1S/C12H14F3NO2/c13-12(14,15)9-3-1-8(2-4-9)10(16)7-11-17-5-6-18-11/h1-4,10-11H,5-7,16H2. The van der Waals surface area contributed by atoms with Crippen LogP contribution in [0.4, 0.5) is 13.2 Å². The van der Waals surface area contributed by atoms with E-state index in [-0.39, 0.29) is 6.29 Å². The van der Waals surface area contributed by atoms with E-state index < -0.39 is 17.8 Å². The van der Waals surface area contributed by atoms with Crippen molar-refractivity contribution in [2.75, 3.05) is 13.2 Å². The van der Waals surface area contributed by atoms with E-state index in [1.54, 1.807) is 0 Å². The maximum atomic E-state index is 12.4. The molecule has 6 heteroatoms. The average Bonchev–Trinajstić information content (AvgIpc) is 2.81. The van der Waals surface area contributed by atoms with Gasteiger partial charge in [-0.2, -0.15) is 13.2 Å². The lowest BCUT2D eigenvalue weighted by Crippen LogP contribution is -2.19. The number of hydrogen-bond acceptors (Lipinski definition) is 3. The zero-order chi connectivity index (χ0) is 13.2. The molecular formula is C12H14F3NO2. The summed E-state index contributed by atoms with van der Waals surface area (Å²) >= 11 is 0. The van der Waals surface area contributed by atoms with E-state index in [1.807, 2.05) is 0 Å². The molecule has 18 heavy (non-hydrogen) atoms. The molecule has 0 aromatic heterocycles. The van der Waals surface area contributed by atoms with Crippen molar-refractivity contribution < 1.29 is 22.6 Å². The Bertz CT molecular complexity index is 385. The van der Waals surface area contributed by atoms with Gasteiger partial charge in [-0.05, 0) is 17.7 Å². The number of halogens is 3. The maximum Gasteiger partial charge on any atom is 0.416 e. The molecule has 0 bridgehead atoms. The second kappa shape index (κ2) is 5.26. The Morgan fingerprint density at radius 3 is 2.22 bits per heavy atom.